The Hall–Kier alpha value is -2.79. The van der Waals surface area contributed by atoms with Gasteiger partial charge in [-0.2, -0.15) is 0 Å². The molecule has 5 nitrogen and oxygen atoms in total. The minimum absolute atomic E-state index is 0.559. The van der Waals surface area contributed by atoms with Crippen molar-refractivity contribution in [3.8, 4) is 23.0 Å². The van der Waals surface area contributed by atoms with E-state index >= 15 is 0 Å². The number of pyridine rings is 1. The van der Waals surface area contributed by atoms with E-state index < -0.39 is 0 Å². The van der Waals surface area contributed by atoms with Gasteiger partial charge in [-0.1, -0.05) is 17.7 Å². The summed E-state index contributed by atoms with van der Waals surface area (Å²) in [5, 5.41) is 3.18. The van der Waals surface area contributed by atoms with E-state index in [0.717, 1.165) is 21.5 Å². The van der Waals surface area contributed by atoms with E-state index in [1.165, 1.54) is 0 Å². The Bertz CT molecular complexity index is 1100. The molecular formula is C19H15ClN2O3. The Morgan fingerprint density at radius 2 is 1.76 bits per heavy atom. The van der Waals surface area contributed by atoms with Crippen molar-refractivity contribution in [1.82, 2.24) is 4.98 Å². The van der Waals surface area contributed by atoms with Gasteiger partial charge in [-0.05, 0) is 24.3 Å². The minimum Gasteiger partial charge on any atom is -0.493 e. The molecule has 0 bridgehead atoms. The van der Waals surface area contributed by atoms with E-state index in [1.54, 1.807) is 26.5 Å². The highest BCUT2D eigenvalue weighted by atomic mass is 35.5. The number of methoxy groups -OCH3 is 2. The minimum atomic E-state index is 0.559. The van der Waals surface area contributed by atoms with Gasteiger partial charge in [0.05, 0.1) is 36.7 Å². The maximum absolute atomic E-state index is 6.48. The van der Waals surface area contributed by atoms with Gasteiger partial charge in [0.25, 0.3) is 0 Å². The van der Waals surface area contributed by atoms with Gasteiger partial charge in [-0.3, -0.25) is 9.98 Å². The van der Waals surface area contributed by atoms with Gasteiger partial charge in [0, 0.05) is 22.9 Å². The molecule has 1 aliphatic heterocycles. The SMILES string of the molecule is COc1cc2nccc(Oc3ccc4c(c3Cl)=CCN=4)c2cc1OC. The third-order valence-electron chi connectivity index (χ3n) is 4.11. The first kappa shape index (κ1) is 15.7. The van der Waals surface area contributed by atoms with Crippen LogP contribution in [0.4, 0.5) is 0 Å². The highest BCUT2D eigenvalue weighted by Crippen LogP contribution is 2.37. The summed E-state index contributed by atoms with van der Waals surface area (Å²) < 4.78 is 16.8. The second-order valence-corrected chi connectivity index (χ2v) is 5.87. The van der Waals surface area contributed by atoms with Gasteiger partial charge in [0.15, 0.2) is 11.5 Å². The number of halogens is 1. The second kappa shape index (κ2) is 6.26. The van der Waals surface area contributed by atoms with Gasteiger partial charge in [-0.15, -0.1) is 0 Å². The van der Waals surface area contributed by atoms with Crippen molar-refractivity contribution in [1.29, 1.82) is 0 Å². The lowest BCUT2D eigenvalue weighted by atomic mass is 10.1. The van der Waals surface area contributed by atoms with Gasteiger partial charge in [0.1, 0.15) is 11.5 Å². The number of fused-ring (bicyclic) bond motifs is 2. The smallest absolute Gasteiger partial charge is 0.162 e. The van der Waals surface area contributed by atoms with Crippen LogP contribution in [0.3, 0.4) is 0 Å². The summed E-state index contributed by atoms with van der Waals surface area (Å²) in [5.41, 5.74) is 0.744. The molecule has 0 spiro atoms. The fourth-order valence-electron chi connectivity index (χ4n) is 2.86. The van der Waals surface area contributed by atoms with Crippen LogP contribution in [0.25, 0.3) is 17.0 Å². The molecule has 126 valence electrons. The Labute approximate surface area is 149 Å². The van der Waals surface area contributed by atoms with Crippen molar-refractivity contribution >= 4 is 28.6 Å². The van der Waals surface area contributed by atoms with Crippen molar-refractivity contribution in [2.45, 2.75) is 0 Å². The summed E-state index contributed by atoms with van der Waals surface area (Å²) >= 11 is 6.48. The Morgan fingerprint density at radius 1 is 0.960 bits per heavy atom. The molecule has 0 amide bonds. The van der Waals surface area contributed by atoms with Crippen molar-refractivity contribution in [2.24, 2.45) is 4.99 Å². The topological polar surface area (TPSA) is 52.9 Å². The highest BCUT2D eigenvalue weighted by molar-refractivity contribution is 6.32. The van der Waals surface area contributed by atoms with Crippen LogP contribution in [0.5, 0.6) is 23.0 Å². The molecule has 0 atom stereocenters. The van der Waals surface area contributed by atoms with Crippen LogP contribution in [-0.4, -0.2) is 25.7 Å². The number of ether oxygens (including phenoxy) is 3. The second-order valence-electron chi connectivity index (χ2n) is 5.49. The zero-order chi connectivity index (χ0) is 17.4. The average Bonchev–Trinajstić information content (AvgIpc) is 3.12. The largest absolute Gasteiger partial charge is 0.493 e. The lowest BCUT2D eigenvalue weighted by Gasteiger charge is -2.13. The molecule has 3 aromatic rings. The van der Waals surface area contributed by atoms with Gasteiger partial charge < -0.3 is 14.2 Å². The zero-order valence-electron chi connectivity index (χ0n) is 13.7. The molecule has 4 rings (SSSR count). The van der Waals surface area contributed by atoms with Crippen LogP contribution in [0, 0.1) is 0 Å². The number of hydrogen-bond acceptors (Lipinski definition) is 5. The molecule has 2 aromatic carbocycles. The monoisotopic (exact) mass is 354 g/mol. The van der Waals surface area contributed by atoms with Gasteiger partial charge >= 0.3 is 0 Å². The third kappa shape index (κ3) is 2.66. The summed E-state index contributed by atoms with van der Waals surface area (Å²) in [6, 6.07) is 9.20. The molecule has 0 radical (unpaired) electrons. The molecule has 0 N–H and O–H groups in total. The molecular weight excluding hydrogens is 340 g/mol. The highest BCUT2D eigenvalue weighted by Gasteiger charge is 2.13. The summed E-state index contributed by atoms with van der Waals surface area (Å²) in [4.78, 5) is 8.74. The molecule has 6 heteroatoms. The van der Waals surface area contributed by atoms with E-state index in [-0.39, 0.29) is 0 Å². The Balaban J connectivity index is 1.84. The molecule has 0 aliphatic carbocycles. The standard InChI is InChI=1S/C19H15ClN2O3/c1-23-17-9-12-14(10-18(17)24-2)22-8-6-15(12)25-16-4-3-13-11(19(16)20)5-7-21-13/h3-6,8-10H,7H2,1-2H3. The predicted molar refractivity (Wildman–Crippen MR) is 96.5 cm³/mol. The Kier molecular flexibility index (Phi) is 3.93. The first-order valence-electron chi connectivity index (χ1n) is 7.73. The summed E-state index contributed by atoms with van der Waals surface area (Å²) in [6.07, 6.45) is 3.68. The number of aromatic nitrogens is 1. The fourth-order valence-corrected chi connectivity index (χ4v) is 3.14. The molecule has 25 heavy (non-hydrogen) atoms. The zero-order valence-corrected chi connectivity index (χ0v) is 14.5. The number of hydrogen-bond donors (Lipinski definition) is 0. The number of nitrogens with zero attached hydrogens (tertiary/aromatic N) is 2. The van der Waals surface area contributed by atoms with E-state index in [1.807, 2.05) is 30.3 Å². The van der Waals surface area contributed by atoms with Crippen LogP contribution < -0.4 is 24.8 Å². The maximum atomic E-state index is 6.48. The van der Waals surface area contributed by atoms with E-state index in [9.17, 15) is 0 Å². The molecule has 0 unspecified atom stereocenters. The average molecular weight is 355 g/mol. The quantitative estimate of drug-likeness (QED) is 0.722. The molecule has 0 fully saturated rings. The first-order valence-corrected chi connectivity index (χ1v) is 8.11. The van der Waals surface area contributed by atoms with Crippen molar-refractivity contribution in [2.75, 3.05) is 20.8 Å². The van der Waals surface area contributed by atoms with Crippen LogP contribution >= 0.6 is 11.6 Å². The van der Waals surface area contributed by atoms with Crippen LogP contribution in [0.15, 0.2) is 41.5 Å². The van der Waals surface area contributed by atoms with E-state index in [4.69, 9.17) is 25.8 Å². The number of benzene rings is 2. The third-order valence-corrected chi connectivity index (χ3v) is 4.50. The van der Waals surface area contributed by atoms with Crippen molar-refractivity contribution in [3.63, 3.8) is 0 Å². The molecule has 0 saturated heterocycles. The molecule has 1 aliphatic rings. The normalized spacial score (nSPS) is 12.3. The Morgan fingerprint density at radius 3 is 2.56 bits per heavy atom. The first-order chi connectivity index (χ1) is 12.2. The molecule has 0 saturated carbocycles. The summed E-state index contributed by atoms with van der Waals surface area (Å²) in [5.74, 6) is 2.45. The lowest BCUT2D eigenvalue weighted by molar-refractivity contribution is 0.355. The molecule has 1 aromatic heterocycles. The summed E-state index contributed by atoms with van der Waals surface area (Å²) in [7, 11) is 3.19. The van der Waals surface area contributed by atoms with Crippen LogP contribution in [-0.2, 0) is 0 Å². The van der Waals surface area contributed by atoms with Crippen LogP contribution in [0.2, 0.25) is 5.02 Å². The number of rotatable bonds is 4. The van der Waals surface area contributed by atoms with Crippen LogP contribution in [0.1, 0.15) is 0 Å². The van der Waals surface area contributed by atoms with E-state index in [2.05, 4.69) is 9.98 Å². The van der Waals surface area contributed by atoms with Gasteiger partial charge in [0.2, 0.25) is 0 Å². The van der Waals surface area contributed by atoms with Crippen molar-refractivity contribution in [3.05, 3.63) is 52.1 Å². The van der Waals surface area contributed by atoms with E-state index in [0.29, 0.717) is 34.6 Å². The molecule has 2 heterocycles. The fraction of sp³-hybridized carbons (Fsp3) is 0.158. The van der Waals surface area contributed by atoms with Crippen molar-refractivity contribution < 1.29 is 14.2 Å². The van der Waals surface area contributed by atoms with Gasteiger partial charge in [-0.25, -0.2) is 0 Å². The summed E-state index contributed by atoms with van der Waals surface area (Å²) in [6.45, 7) is 0.647. The predicted octanol–water partition coefficient (Wildman–Crippen LogP) is 3.11. The lowest BCUT2D eigenvalue weighted by Crippen LogP contribution is -2.22. The maximum Gasteiger partial charge on any atom is 0.162 e.